The molecule has 13 N–H and O–H groups in total. The number of aromatic hydroxyl groups is 3. The Labute approximate surface area is 759 Å². The molecule has 30 nitrogen and oxygen atoms in total. The number of pyridine rings is 8. The second kappa shape index (κ2) is 38.6. The Balaban J connectivity index is 0.000000146. The van der Waals surface area contributed by atoms with Gasteiger partial charge in [0.05, 0.1) is 68.4 Å². The summed E-state index contributed by atoms with van der Waals surface area (Å²) in [6, 6.07) is 46.8. The van der Waals surface area contributed by atoms with Crippen molar-refractivity contribution >= 4 is 137 Å². The zero-order valence-electron chi connectivity index (χ0n) is 69.9. The Bertz CT molecular complexity index is 6400. The van der Waals surface area contributed by atoms with E-state index < -0.39 is 66.7 Å². The number of nitrogens with zero attached hydrogens (tertiary/aromatic N) is 10. The van der Waals surface area contributed by atoms with Crippen molar-refractivity contribution in [3.63, 3.8) is 0 Å². The SMILES string of the molecule is C#C[C@]1(CN2Cc3ccc(OC)c(F)c3C2=O)NC(=O)NC1=O.COc1ccc2c(c1F)C(=O)N(C[C@@]1(c3cc4nc(C)c(-c5ccc(N)nc5)cc4o3)NC(=O)NC1=O)C2.Cc1nc(I)c(O)cc1-c1ccc(N)nc1.Cc1ncc(O)cc1-c1ccc(N)nc1.Cc1ncc(O)cc1Br.Cc1ncc(O[Si](c2ccccc2)(c2ccccc2)C(C)(C)C)cc1Br. The standard InChI is InChI=1S/C26H21FN6O5.C22H24BrNOSi.C15H12FN3O4.C11H10IN3O.C11H11N3O.C6H6BrNO/c1-12-15(13-4-6-20(28)29-9-13)7-18-16(30-12)8-19(38-18)26(24(35)31-25(36)32-26)11-33-10-14-3-5-17(37-2)22(27)21(14)23(33)34;1-17-21(23)15-18(16-24-17)25-26(22(2,3)4,19-11-7-5-8-12-19)20-13-9-6-10-14-20;1-3-15(13(21)17-14(22)18-15)7-19-6-8-4-5-9(23-2)11(16)10(8)12(19)20;1-6-8(4-9(16)11(12)15-6)7-2-3-10(13)14-5-7;1-7-10(4-9(15)6-13-7)8-2-3-11(12)14-5-8;1-4-6(7)2-5(9)3-8-4/h3-9H,10-11H2,1-2H3,(H2,28,29)(H2,31,32,35,36);5-16H,1-4H3;1,4-5H,6-7H2,2H3,(H2,17,18,21,22);2-5,16H,1H3,(H2,13,14);2-6,15H,1H3,(H2,12,14);2-3,9H,1H3/t26-;;15-;;;/m0.1.../s1. The number of furan rings is 1. The number of terminal acetylenes is 1. The number of carbonyl (C=O) groups excluding carboxylic acids is 6. The number of carbonyl (C=O) groups is 6. The molecule has 4 aromatic carbocycles. The van der Waals surface area contributed by atoms with E-state index in [0.717, 1.165) is 70.9 Å². The number of halogens is 5. The Morgan fingerprint density at radius 1 is 0.551 bits per heavy atom. The normalized spacial score (nSPS) is 15.3. The highest BCUT2D eigenvalue weighted by Crippen LogP contribution is 2.42. The van der Waals surface area contributed by atoms with Crippen LogP contribution in [0.4, 0.5) is 35.8 Å². The Hall–Kier alpha value is -14.0. The van der Waals surface area contributed by atoms with Crippen LogP contribution >= 0.6 is 54.5 Å². The molecule has 0 spiro atoms. The van der Waals surface area contributed by atoms with Gasteiger partial charge in [0.15, 0.2) is 39.8 Å². The lowest BCUT2D eigenvalue weighted by Gasteiger charge is -2.42. The second-order valence-electron chi connectivity index (χ2n) is 30.4. The molecule has 9 aromatic heterocycles. The first-order chi connectivity index (χ1) is 60.4. The molecule has 8 amide bonds. The first kappa shape index (κ1) is 92.2. The Morgan fingerprint density at radius 2 is 1.01 bits per heavy atom. The Kier molecular flexibility index (Phi) is 28.0. The number of nitrogen functional groups attached to an aromatic ring is 3. The molecule has 0 radical (unpaired) electrons. The number of amides is 8. The first-order valence-corrected chi connectivity index (χ1v) is 43.3. The quantitative estimate of drug-likeness (QED) is 0.0159. The molecule has 13 heterocycles. The summed E-state index contributed by atoms with van der Waals surface area (Å²) in [5.41, 5.74) is 24.0. The summed E-state index contributed by atoms with van der Waals surface area (Å²) in [6.45, 7) is 15.8. The van der Waals surface area contributed by atoms with Crippen molar-refractivity contribution in [2.75, 3.05) is 44.5 Å². The third-order valence-electron chi connectivity index (χ3n) is 20.9. The summed E-state index contributed by atoms with van der Waals surface area (Å²) in [5, 5.41) is 39.5. The smallest absolute Gasteiger partial charge is 0.323 e. The van der Waals surface area contributed by atoms with Gasteiger partial charge in [0, 0.05) is 97.2 Å². The Morgan fingerprint density at radius 3 is 1.45 bits per heavy atom. The number of aromatic nitrogens is 8. The summed E-state index contributed by atoms with van der Waals surface area (Å²) in [7, 11) is 0.0155. The van der Waals surface area contributed by atoms with E-state index in [-0.39, 0.29) is 76.9 Å². The molecule has 127 heavy (non-hydrogen) atoms. The van der Waals surface area contributed by atoms with E-state index in [1.165, 1.54) is 58.9 Å². The fraction of sp³-hybridized carbons (Fsp3) is 0.187. The molecule has 650 valence electrons. The van der Waals surface area contributed by atoms with E-state index in [0.29, 0.717) is 49.1 Å². The largest absolute Gasteiger partial charge is 0.533 e. The number of nitrogens with one attached hydrogen (secondary N) is 4. The van der Waals surface area contributed by atoms with Crippen LogP contribution in [0, 0.1) is 62.3 Å². The molecule has 2 fully saturated rings. The van der Waals surface area contributed by atoms with Gasteiger partial charge in [0.1, 0.15) is 55.4 Å². The summed E-state index contributed by atoms with van der Waals surface area (Å²) in [4.78, 5) is 110. The number of methoxy groups -OCH3 is 2. The molecule has 2 saturated heterocycles. The minimum Gasteiger partial charge on any atom is -0.533 e. The van der Waals surface area contributed by atoms with Crippen LogP contribution in [0.5, 0.6) is 34.5 Å². The van der Waals surface area contributed by atoms with Gasteiger partial charge in [-0.1, -0.05) is 99.5 Å². The molecule has 0 unspecified atom stereocenters. The number of hydrogen-bond donors (Lipinski definition) is 10. The zero-order chi connectivity index (χ0) is 91.7. The third kappa shape index (κ3) is 20.0. The van der Waals surface area contributed by atoms with Crippen molar-refractivity contribution in [1.29, 1.82) is 0 Å². The van der Waals surface area contributed by atoms with E-state index in [2.05, 4.69) is 175 Å². The van der Waals surface area contributed by atoms with Crippen LogP contribution in [0.25, 0.3) is 44.5 Å². The van der Waals surface area contributed by atoms with E-state index in [1.807, 2.05) is 86.9 Å². The van der Waals surface area contributed by atoms with Gasteiger partial charge in [-0.3, -0.25) is 44.8 Å². The van der Waals surface area contributed by atoms with Crippen LogP contribution in [0.2, 0.25) is 5.04 Å². The number of imide groups is 2. The van der Waals surface area contributed by atoms with Crippen LogP contribution in [-0.4, -0.2) is 142 Å². The highest BCUT2D eigenvalue weighted by Gasteiger charge is 2.55. The van der Waals surface area contributed by atoms with E-state index >= 15 is 0 Å². The predicted octanol–water partition coefficient (Wildman–Crippen LogP) is 13.7. The summed E-state index contributed by atoms with van der Waals surface area (Å²) >= 11 is 8.81. The fourth-order valence-corrected chi connectivity index (χ4v) is 19.9. The van der Waals surface area contributed by atoms with Crippen LogP contribution < -0.4 is 62.7 Å². The van der Waals surface area contributed by atoms with Crippen LogP contribution in [0.3, 0.4) is 0 Å². The van der Waals surface area contributed by atoms with Gasteiger partial charge in [-0.05, 0) is 194 Å². The molecule has 4 aliphatic rings. The highest BCUT2D eigenvalue weighted by molar-refractivity contribution is 14.1. The van der Waals surface area contributed by atoms with Gasteiger partial charge in [0.2, 0.25) is 0 Å². The number of hydrogen-bond acceptors (Lipinski definition) is 24. The van der Waals surface area contributed by atoms with Crippen LogP contribution in [0.1, 0.15) is 86.8 Å². The lowest BCUT2D eigenvalue weighted by molar-refractivity contribution is -0.125. The van der Waals surface area contributed by atoms with E-state index in [4.69, 9.17) is 47.0 Å². The van der Waals surface area contributed by atoms with Crippen molar-refractivity contribution in [1.82, 2.24) is 70.9 Å². The number of ether oxygens (including phenoxy) is 2. The number of fused-ring (bicyclic) bond motifs is 3. The first-order valence-electron chi connectivity index (χ1n) is 38.8. The monoisotopic (exact) mass is 1970 g/mol. The van der Waals surface area contributed by atoms with Gasteiger partial charge < -0.3 is 71.3 Å². The molecule has 0 bridgehead atoms. The number of anilines is 3. The molecule has 17 rings (SSSR count). The highest BCUT2D eigenvalue weighted by atomic mass is 127. The molecule has 13 aromatic rings. The number of nitrogens with two attached hydrogens (primary N) is 3. The van der Waals surface area contributed by atoms with Crippen molar-refractivity contribution < 1.29 is 71.2 Å². The van der Waals surface area contributed by atoms with Gasteiger partial charge >= 0.3 is 20.4 Å². The molecule has 2 atom stereocenters. The summed E-state index contributed by atoms with van der Waals surface area (Å²) in [5.74, 6) is 0.631. The van der Waals surface area contributed by atoms with E-state index in [9.17, 15) is 47.8 Å². The third-order valence-corrected chi connectivity index (χ3v) is 28.2. The average Bonchev–Trinajstić information content (AvgIpc) is 1.73. The molecular weight excluding hydrogens is 1890 g/mol. The minimum absolute atomic E-state index is 0.0336. The van der Waals surface area contributed by atoms with Crippen molar-refractivity contribution in [2.45, 2.75) is 84.6 Å². The van der Waals surface area contributed by atoms with Crippen LogP contribution in [0.15, 0.2) is 208 Å². The van der Waals surface area contributed by atoms with Gasteiger partial charge in [-0.15, -0.1) is 6.42 Å². The maximum absolute atomic E-state index is 14.9. The maximum atomic E-state index is 14.9. The average molecular weight is 1980 g/mol. The predicted molar refractivity (Wildman–Crippen MR) is 491 cm³/mol. The lowest BCUT2D eigenvalue weighted by atomic mass is 9.95. The number of aryl methyl sites for hydroxylation is 5. The van der Waals surface area contributed by atoms with E-state index in [1.54, 1.807) is 85.3 Å². The number of urea groups is 2. The number of benzene rings is 4. The summed E-state index contributed by atoms with van der Waals surface area (Å²) < 4.78 is 54.4. The summed E-state index contributed by atoms with van der Waals surface area (Å²) in [6.07, 6.45) is 15.0. The number of rotatable bonds is 14. The van der Waals surface area contributed by atoms with Crippen molar-refractivity contribution in [2.24, 2.45) is 0 Å². The molecular formula is C91H84Br2F2IN17O13Si. The lowest BCUT2D eigenvalue weighted by Crippen LogP contribution is -2.68. The zero-order valence-corrected chi connectivity index (χ0v) is 76.2. The second-order valence-corrected chi connectivity index (χ2v) is 37.3. The topological polar surface area (TPSA) is 440 Å². The molecule has 0 saturated carbocycles. The van der Waals surface area contributed by atoms with Gasteiger partial charge in [-0.2, -0.15) is 0 Å². The minimum atomic E-state index is -2.59. The fourth-order valence-electron chi connectivity index (χ4n) is 14.3. The van der Waals surface area contributed by atoms with Crippen molar-refractivity contribution in [3.8, 4) is 80.2 Å². The van der Waals surface area contributed by atoms with Crippen molar-refractivity contribution in [3.05, 3.63) is 276 Å². The van der Waals surface area contributed by atoms with Gasteiger partial charge in [-0.25, -0.2) is 43.3 Å². The van der Waals surface area contributed by atoms with Gasteiger partial charge in [0.25, 0.3) is 23.6 Å². The molecule has 0 aliphatic carbocycles. The maximum Gasteiger partial charge on any atom is 0.323 e. The van der Waals surface area contributed by atoms with Crippen LogP contribution in [-0.2, 0) is 28.2 Å². The molecule has 4 aliphatic heterocycles. The molecule has 36 heteroatoms.